The molecule has 0 amide bonds. The van der Waals surface area contributed by atoms with Crippen LogP contribution in [-0.2, 0) is 77.0 Å². The highest BCUT2D eigenvalue weighted by Crippen LogP contribution is 2.31. The van der Waals surface area contributed by atoms with E-state index < -0.39 is 0 Å². The van der Waals surface area contributed by atoms with E-state index in [1.165, 1.54) is 165 Å². The van der Waals surface area contributed by atoms with Crippen molar-refractivity contribution in [3.05, 3.63) is 381 Å². The van der Waals surface area contributed by atoms with Gasteiger partial charge in [-0.2, -0.15) is 0 Å². The Bertz CT molecular complexity index is 4840. The van der Waals surface area contributed by atoms with Crippen LogP contribution in [0.1, 0.15) is 355 Å². The van der Waals surface area contributed by atoms with Crippen LogP contribution >= 0.6 is 0 Å². The lowest BCUT2D eigenvalue weighted by molar-refractivity contribution is 1.11. The number of hydrogen-bond donors (Lipinski definition) is 0. The van der Waals surface area contributed by atoms with Crippen molar-refractivity contribution in [2.45, 2.75) is 354 Å². The van der Waals surface area contributed by atoms with E-state index in [-0.39, 0.29) is 0 Å². The van der Waals surface area contributed by atoms with Gasteiger partial charge in [0.2, 0.25) is 0 Å². The van der Waals surface area contributed by atoms with Crippen LogP contribution < -0.4 is 0 Å². The van der Waals surface area contributed by atoms with Gasteiger partial charge in [0.05, 0.1) is 0 Å². The van der Waals surface area contributed by atoms with Gasteiger partial charge in [-0.3, -0.25) is 0 Å². The third kappa shape index (κ3) is 46.3. The number of aryl methyl sites for hydroxylation is 10. The van der Waals surface area contributed by atoms with Crippen LogP contribution in [0.4, 0.5) is 0 Å². The average Bonchev–Trinajstić information content (AvgIpc) is 0.780. The van der Waals surface area contributed by atoms with Gasteiger partial charge >= 0.3 is 0 Å². The Morgan fingerprint density at radius 3 is 0.470 bits per heavy atom. The van der Waals surface area contributed by atoms with Crippen molar-refractivity contribution in [2.24, 2.45) is 0 Å². The highest BCUT2D eigenvalue weighted by atomic mass is 14.1. The Morgan fingerprint density at radius 1 is 0.106 bits per heavy atom. The first-order valence-electron chi connectivity index (χ1n) is 53.0. The first-order valence-corrected chi connectivity index (χ1v) is 53.0. The van der Waals surface area contributed by atoms with Crippen molar-refractivity contribution >= 4 is 53.9 Å². The van der Waals surface area contributed by atoms with Gasteiger partial charge in [-0.15, -0.1) is 0 Å². The predicted octanol–water partition coefficient (Wildman–Crippen LogP) is 43.4. The summed E-state index contributed by atoms with van der Waals surface area (Å²) in [6.45, 7) is 82.0. The van der Waals surface area contributed by atoms with Gasteiger partial charge in [0, 0.05) is 0 Å². The Labute approximate surface area is 816 Å². The molecule has 0 spiro atoms. The van der Waals surface area contributed by atoms with Crippen LogP contribution in [0.3, 0.4) is 0 Å². The van der Waals surface area contributed by atoms with Crippen LogP contribution in [-0.4, -0.2) is 0 Å². The molecule has 0 heteroatoms. The van der Waals surface area contributed by atoms with Crippen LogP contribution in [0.2, 0.25) is 0 Å². The fourth-order valence-corrected chi connectivity index (χ4v) is 13.5. The molecule has 15 aromatic rings. The third-order valence-corrected chi connectivity index (χ3v) is 20.5. The van der Waals surface area contributed by atoms with Gasteiger partial charge < -0.3 is 0 Å². The van der Waals surface area contributed by atoms with Gasteiger partial charge in [0.15, 0.2) is 0 Å². The fourth-order valence-electron chi connectivity index (χ4n) is 13.5. The SMILES string of the molecule is CC.CC.CC.CC.CC.CC.CC.CC.CC.CC.CC.CC.CC.CC.CC.CCc1ccc(-c2ccc(-c3ccc(CC)cc3)cc2)cc1.CCc1ccc(-c2ccc3cc(CC)ccc3c2)cc1.CCc1ccc(Cc2ccc(Cc3ccc(CC)cc3)cc2)cc1.CCc1ccc2c(ccc3cc(CC)ccc32)c1.CCc1ccc2cc3cc(CC)ccc3cc2c1. The predicted molar refractivity (Wildman–Crippen MR) is 619 cm³/mol. The van der Waals surface area contributed by atoms with E-state index >= 15 is 0 Å². The van der Waals surface area contributed by atoms with Gasteiger partial charge in [-0.05, 0) is 260 Å². The van der Waals surface area contributed by atoms with Crippen molar-refractivity contribution < 1.29 is 0 Å². The van der Waals surface area contributed by atoms with Crippen molar-refractivity contribution in [1.82, 2.24) is 0 Å². The average molecular weight is 1780 g/mol. The van der Waals surface area contributed by atoms with Crippen LogP contribution in [0.15, 0.2) is 303 Å². The van der Waals surface area contributed by atoms with E-state index in [2.05, 4.69) is 373 Å². The monoisotopic (exact) mass is 1780 g/mol. The summed E-state index contributed by atoms with van der Waals surface area (Å²) in [5, 5.41) is 13.5. The largest absolute Gasteiger partial charge is 0.0683 e. The molecule has 0 bridgehead atoms. The smallest absolute Gasteiger partial charge is 0.00258 e. The molecule has 0 aliphatic carbocycles. The molecule has 0 aromatic heterocycles. The van der Waals surface area contributed by atoms with E-state index in [9.17, 15) is 0 Å². The molecule has 0 radical (unpaired) electrons. The molecule has 0 saturated heterocycles. The van der Waals surface area contributed by atoms with Gasteiger partial charge in [0.25, 0.3) is 0 Å². The molecule has 132 heavy (non-hydrogen) atoms. The summed E-state index contributed by atoms with van der Waals surface area (Å²) in [5.41, 5.74) is 27.2. The second-order valence-electron chi connectivity index (χ2n) is 27.3. The number of benzene rings is 15. The quantitative estimate of drug-likeness (QED) is 0.0630. The molecule has 722 valence electrons. The second kappa shape index (κ2) is 86.0. The molecule has 0 unspecified atom stereocenters. The zero-order valence-corrected chi connectivity index (χ0v) is 92.4. The Balaban J connectivity index is -0.000000475. The molecule has 15 rings (SSSR count). The Kier molecular flexibility index (Phi) is 84.8. The molecule has 0 aliphatic rings. The first kappa shape index (κ1) is 130. The van der Waals surface area contributed by atoms with Crippen molar-refractivity contribution in [2.75, 3.05) is 0 Å². The summed E-state index contributed by atoms with van der Waals surface area (Å²) in [7, 11) is 0. The van der Waals surface area contributed by atoms with Gasteiger partial charge in [0.1, 0.15) is 0 Å². The zero-order valence-electron chi connectivity index (χ0n) is 92.4. The van der Waals surface area contributed by atoms with Gasteiger partial charge in [-0.1, -0.05) is 562 Å². The third-order valence-electron chi connectivity index (χ3n) is 20.5. The minimum absolute atomic E-state index is 1.01. The topological polar surface area (TPSA) is 0 Å². The lowest BCUT2D eigenvalue weighted by atomic mass is 9.98. The summed E-state index contributed by atoms with van der Waals surface area (Å²) >= 11 is 0. The highest BCUT2D eigenvalue weighted by molar-refractivity contribution is 6.08. The maximum absolute atomic E-state index is 2.31. The van der Waals surface area contributed by atoms with Crippen LogP contribution in [0.5, 0.6) is 0 Å². The molecule has 0 heterocycles. The van der Waals surface area contributed by atoms with Crippen molar-refractivity contribution in [1.29, 1.82) is 0 Å². The molecule has 0 N–H and O–H groups in total. The summed E-state index contributed by atoms with van der Waals surface area (Å²) in [6.07, 6.45) is 13.0. The highest BCUT2D eigenvalue weighted by Gasteiger charge is 2.08. The lowest BCUT2D eigenvalue weighted by Crippen LogP contribution is -1.92. The molecule has 0 atom stereocenters. The zero-order chi connectivity index (χ0) is 101. The Hall–Kier alpha value is -10.4. The Morgan fingerprint density at radius 2 is 0.242 bits per heavy atom. The first-order chi connectivity index (χ1) is 65.0. The van der Waals surface area contributed by atoms with Crippen LogP contribution in [0, 0.1) is 0 Å². The molecule has 0 saturated carbocycles. The summed E-state index contributed by atoms with van der Waals surface area (Å²) in [6, 6.07) is 112. The maximum atomic E-state index is 2.31. The van der Waals surface area contributed by atoms with Crippen LogP contribution in [0.25, 0.3) is 87.2 Å². The van der Waals surface area contributed by atoms with E-state index in [1.807, 2.05) is 208 Å². The van der Waals surface area contributed by atoms with Crippen molar-refractivity contribution in [3.8, 4) is 33.4 Å². The number of hydrogen-bond acceptors (Lipinski definition) is 0. The normalized spacial score (nSPS) is 9.12. The maximum Gasteiger partial charge on any atom is -0.00258 e. The van der Waals surface area contributed by atoms with Crippen molar-refractivity contribution in [3.63, 3.8) is 0 Å². The summed E-state index contributed by atoms with van der Waals surface area (Å²) in [5.74, 6) is 0. The summed E-state index contributed by atoms with van der Waals surface area (Å²) in [4.78, 5) is 0. The molecule has 15 aromatic carbocycles. The molecule has 0 nitrogen and oxygen atoms in total. The number of fused-ring (bicyclic) bond motifs is 6. The second-order valence-corrected chi connectivity index (χ2v) is 27.3. The van der Waals surface area contributed by atoms with Gasteiger partial charge in [-0.25, -0.2) is 0 Å². The molecular weight excluding hydrogens is 1590 g/mol. The minimum Gasteiger partial charge on any atom is -0.0683 e. The van der Waals surface area contributed by atoms with E-state index in [1.54, 1.807) is 0 Å². The standard InChI is InChI=1S/C24H26.C22H22.C20H20.2C18H18.15C2H6/c1-3-19-5-9-21(10-6-19)17-23-13-15-24(16-14-23)18-22-11-7-20(4-2)8-12-22;1-3-17-5-9-19(10-6-17)21-13-15-22(16-14-21)20-11-7-18(4-2)8-12-20;1-3-15-5-8-17(9-6-15)19-12-11-18-13-16(4-2)7-10-20(18)14-19;1-3-13-5-9-17-15(11-13)7-8-16-12-14(4-2)6-10-18(16)17;1-3-13-5-7-15-12-18-10-14(4-2)6-8-16(18)11-17(15)9-13;15*1-2/h5-16H,3-4,17-18H2,1-2H3;5-16H,3-4H2,1-2H3;5-14H,3-4H2,1-2H3;2*5-12H,3-4H2,1-2H3;15*1-2H3. The minimum atomic E-state index is 1.01. The molecule has 0 aliphatic heterocycles. The molecular formula is C132H194. The van der Waals surface area contributed by atoms with E-state index in [0.29, 0.717) is 0 Å². The lowest BCUT2D eigenvalue weighted by Gasteiger charge is -2.07. The number of rotatable bonds is 17. The van der Waals surface area contributed by atoms with E-state index in [0.717, 1.165) is 77.0 Å². The molecule has 0 fully saturated rings. The summed E-state index contributed by atoms with van der Waals surface area (Å²) < 4.78 is 0. The fraction of sp³-hybridized carbons (Fsp3) is 0.394. The van der Waals surface area contributed by atoms with E-state index in [4.69, 9.17) is 0 Å².